The summed E-state index contributed by atoms with van der Waals surface area (Å²) < 4.78 is 11.7. The van der Waals surface area contributed by atoms with Crippen molar-refractivity contribution in [1.82, 2.24) is 19.9 Å². The van der Waals surface area contributed by atoms with Crippen LogP contribution in [0.4, 0.5) is 0 Å². The largest absolute Gasteiger partial charge is 0.496 e. The van der Waals surface area contributed by atoms with E-state index in [9.17, 15) is 0 Å². The lowest BCUT2D eigenvalue weighted by Crippen LogP contribution is -2.33. The number of methoxy groups -OCH3 is 2. The molecule has 0 fully saturated rings. The van der Waals surface area contributed by atoms with E-state index in [4.69, 9.17) is 19.4 Å². The molecular formula is C50H54N4O2. The zero-order valence-corrected chi connectivity index (χ0v) is 34.7. The normalized spacial score (nSPS) is 17.5. The van der Waals surface area contributed by atoms with Gasteiger partial charge in [-0.1, -0.05) is 32.0 Å². The van der Waals surface area contributed by atoms with Crippen molar-refractivity contribution < 1.29 is 9.47 Å². The van der Waals surface area contributed by atoms with E-state index >= 15 is 0 Å². The first-order valence-corrected chi connectivity index (χ1v) is 20.5. The number of nitrogens with one attached hydrogen (secondary N) is 2. The van der Waals surface area contributed by atoms with Crippen LogP contribution < -0.4 is 9.47 Å². The fraction of sp³-hybridized carbons (Fsp3) is 0.360. The number of allylic oxidation sites excluding steroid dienone is 4. The second-order valence-corrected chi connectivity index (χ2v) is 16.6. The van der Waals surface area contributed by atoms with Gasteiger partial charge in [0.15, 0.2) is 0 Å². The number of aromatic amines is 2. The molecule has 0 saturated carbocycles. The van der Waals surface area contributed by atoms with Gasteiger partial charge in [0, 0.05) is 38.8 Å². The molecule has 0 amide bonds. The summed E-state index contributed by atoms with van der Waals surface area (Å²) in [5.74, 6) is 3.08. The highest BCUT2D eigenvalue weighted by atomic mass is 16.5. The van der Waals surface area contributed by atoms with E-state index < -0.39 is 0 Å². The second kappa shape index (κ2) is 13.7. The highest BCUT2D eigenvalue weighted by molar-refractivity contribution is 6.01. The van der Waals surface area contributed by atoms with Gasteiger partial charge in [0.2, 0.25) is 0 Å². The molecule has 4 aliphatic rings. The van der Waals surface area contributed by atoms with Gasteiger partial charge in [0.1, 0.15) is 11.5 Å². The lowest BCUT2D eigenvalue weighted by Gasteiger charge is -2.39. The van der Waals surface area contributed by atoms with Gasteiger partial charge in [-0.15, -0.1) is 0 Å². The number of hydrogen-bond donors (Lipinski definition) is 2. The summed E-state index contributed by atoms with van der Waals surface area (Å²) in [6, 6.07) is 18.2. The lowest BCUT2D eigenvalue weighted by molar-refractivity contribution is 0.274. The van der Waals surface area contributed by atoms with E-state index in [1.165, 1.54) is 72.4 Å². The number of hydrogen-bond acceptors (Lipinski definition) is 4. The molecule has 3 aromatic heterocycles. The monoisotopic (exact) mass is 742 g/mol. The quantitative estimate of drug-likeness (QED) is 0.188. The van der Waals surface area contributed by atoms with Gasteiger partial charge >= 0.3 is 0 Å². The molecule has 286 valence electrons. The molecule has 9 rings (SSSR count). The molecule has 2 aromatic carbocycles. The van der Waals surface area contributed by atoms with Crippen LogP contribution in [-0.4, -0.2) is 34.2 Å². The third-order valence-corrected chi connectivity index (χ3v) is 13.8. The number of fused-ring (bicyclic) bond motifs is 11. The maximum absolute atomic E-state index is 5.88. The number of benzene rings is 2. The van der Waals surface area contributed by atoms with E-state index in [1.54, 1.807) is 14.2 Å². The Bertz CT molecular complexity index is 2600. The van der Waals surface area contributed by atoms with Gasteiger partial charge in [-0.2, -0.15) is 0 Å². The van der Waals surface area contributed by atoms with Crippen molar-refractivity contribution in [2.24, 2.45) is 11.8 Å². The summed E-state index contributed by atoms with van der Waals surface area (Å²) >= 11 is 0. The van der Waals surface area contributed by atoms with E-state index in [0.29, 0.717) is 11.8 Å². The molecule has 6 heteroatoms. The first-order valence-electron chi connectivity index (χ1n) is 20.5. The van der Waals surface area contributed by atoms with Crippen molar-refractivity contribution in [3.05, 3.63) is 116 Å². The topological polar surface area (TPSA) is 75.8 Å². The van der Waals surface area contributed by atoms with Crippen LogP contribution in [0.15, 0.2) is 48.5 Å². The Kier molecular flexibility index (Phi) is 8.87. The molecule has 0 saturated heterocycles. The maximum Gasteiger partial charge on any atom is 0.122 e. The summed E-state index contributed by atoms with van der Waals surface area (Å²) in [7, 11) is 3.57. The number of aryl methyl sites for hydroxylation is 4. The zero-order chi connectivity index (χ0) is 39.2. The fourth-order valence-electron chi connectivity index (χ4n) is 10.2. The Labute approximate surface area is 331 Å². The average molecular weight is 743 g/mol. The number of ether oxygens (including phenoxy) is 2. The second-order valence-electron chi connectivity index (χ2n) is 16.6. The minimum atomic E-state index is 0.541. The summed E-state index contributed by atoms with van der Waals surface area (Å²) in [5, 5.41) is 0. The molecule has 2 aliphatic carbocycles. The van der Waals surface area contributed by atoms with Crippen LogP contribution in [0.2, 0.25) is 0 Å². The highest BCUT2D eigenvalue weighted by Crippen LogP contribution is 2.47. The van der Waals surface area contributed by atoms with E-state index in [-0.39, 0.29) is 0 Å². The van der Waals surface area contributed by atoms with E-state index in [1.807, 2.05) is 0 Å². The van der Waals surface area contributed by atoms with Gasteiger partial charge in [0.05, 0.1) is 37.0 Å². The summed E-state index contributed by atoms with van der Waals surface area (Å²) in [6.07, 6.45) is 6.02. The highest BCUT2D eigenvalue weighted by Gasteiger charge is 2.36. The number of nitrogens with zero attached hydrogens (tertiary/aromatic N) is 2. The minimum absolute atomic E-state index is 0.541. The molecule has 2 atom stereocenters. The Morgan fingerprint density at radius 2 is 1.04 bits per heavy atom. The molecule has 8 bridgehead atoms. The Balaban J connectivity index is 1.28. The summed E-state index contributed by atoms with van der Waals surface area (Å²) in [4.78, 5) is 18.7. The summed E-state index contributed by atoms with van der Waals surface area (Å²) in [5.41, 5.74) is 26.5. The first-order chi connectivity index (χ1) is 27.0. The third-order valence-electron chi connectivity index (χ3n) is 13.8. The molecule has 5 aromatic rings. The molecule has 2 N–H and O–H groups in total. The molecule has 56 heavy (non-hydrogen) atoms. The molecule has 5 heterocycles. The molecule has 0 radical (unpaired) electrons. The lowest BCUT2D eigenvalue weighted by atomic mass is 9.66. The van der Waals surface area contributed by atoms with E-state index in [0.717, 1.165) is 100 Å². The third kappa shape index (κ3) is 5.58. The first kappa shape index (κ1) is 36.3. The Hall–Kier alpha value is -5.36. The molecular weight excluding hydrogens is 689 g/mol. The van der Waals surface area contributed by atoms with Gasteiger partial charge in [0.25, 0.3) is 0 Å². The Morgan fingerprint density at radius 1 is 0.554 bits per heavy atom. The SMILES string of the molecule is CCc1c(C)c2cc3nc(c(-c4ccc5c(c4)C[C@H]4Cc6c(OC)ccc(OC)c6C[C@@H]4C5)c4nc(cc5[nH]c(cc1[nH]2)c(CC)c5C)C(C)=C4C)C(C)=C3C. The zero-order valence-electron chi connectivity index (χ0n) is 34.7. The van der Waals surface area contributed by atoms with Crippen molar-refractivity contribution in [1.29, 1.82) is 0 Å². The van der Waals surface area contributed by atoms with Crippen molar-refractivity contribution in [3.63, 3.8) is 0 Å². The maximum atomic E-state index is 5.88. The summed E-state index contributed by atoms with van der Waals surface area (Å²) in [6.45, 7) is 17.9. The van der Waals surface area contributed by atoms with Crippen LogP contribution in [-0.2, 0) is 38.5 Å². The number of rotatable bonds is 5. The van der Waals surface area contributed by atoms with Crippen LogP contribution in [0, 0.1) is 25.7 Å². The van der Waals surface area contributed by atoms with Crippen LogP contribution in [0.25, 0.3) is 55.5 Å². The van der Waals surface area contributed by atoms with Crippen LogP contribution >= 0.6 is 0 Å². The standard InChI is InChI=1S/C50H54N4O2/c1-11-36-29(7)42-22-40-25(3)27(5)49(53-40)48(50-28(6)26(4)41(54-50)23-43-30(8)37(12-2)45(52-43)24-44(36)51-42)32-14-13-31-17-34-20-38-39(21-35(34)19-33(31)18-32)47(56-10)16-15-46(38)55-9/h13-16,18,22-24,34-35,51-52H,11-12,17,19-21H2,1-10H3/t34-,35-/m0/s1. The van der Waals surface area contributed by atoms with Gasteiger partial charge < -0.3 is 19.4 Å². The van der Waals surface area contributed by atoms with Crippen molar-refractivity contribution >= 4 is 44.4 Å². The van der Waals surface area contributed by atoms with Gasteiger partial charge in [-0.25, -0.2) is 9.97 Å². The van der Waals surface area contributed by atoms with Crippen LogP contribution in [0.1, 0.15) is 109 Å². The van der Waals surface area contributed by atoms with Crippen molar-refractivity contribution in [2.45, 2.75) is 93.9 Å². The fourth-order valence-corrected chi connectivity index (χ4v) is 10.2. The molecule has 0 spiro atoms. The van der Waals surface area contributed by atoms with E-state index in [2.05, 4.69) is 114 Å². The van der Waals surface area contributed by atoms with Gasteiger partial charge in [-0.05, 0) is 183 Å². The van der Waals surface area contributed by atoms with Crippen LogP contribution in [0.3, 0.4) is 0 Å². The smallest absolute Gasteiger partial charge is 0.122 e. The number of aromatic nitrogens is 4. The van der Waals surface area contributed by atoms with Crippen LogP contribution in [0.5, 0.6) is 11.5 Å². The molecule has 2 aliphatic heterocycles. The molecule has 6 nitrogen and oxygen atoms in total. The predicted octanol–water partition coefficient (Wildman–Crippen LogP) is 11.8. The predicted molar refractivity (Wildman–Crippen MR) is 232 cm³/mol. The van der Waals surface area contributed by atoms with Crippen molar-refractivity contribution in [3.8, 4) is 22.6 Å². The average Bonchev–Trinajstić information content (AvgIpc) is 3.85. The Morgan fingerprint density at radius 3 is 1.50 bits per heavy atom. The van der Waals surface area contributed by atoms with Gasteiger partial charge in [-0.3, -0.25) is 0 Å². The molecule has 0 unspecified atom stereocenters. The van der Waals surface area contributed by atoms with Crippen molar-refractivity contribution in [2.75, 3.05) is 14.2 Å². The number of H-pyrrole nitrogens is 2. The minimum Gasteiger partial charge on any atom is -0.496 e.